The molecule has 3 nitrogen and oxygen atoms in total. The average molecular weight is 260 g/mol. The fourth-order valence-corrected chi connectivity index (χ4v) is 2.75. The first-order valence-electron chi connectivity index (χ1n) is 7.35. The predicted molar refractivity (Wildman–Crippen MR) is 78.4 cm³/mol. The summed E-state index contributed by atoms with van der Waals surface area (Å²) in [6, 6.07) is 8.41. The number of carbonyl (C=O) groups is 1. The lowest BCUT2D eigenvalue weighted by Crippen LogP contribution is -2.40. The molecule has 0 spiro atoms. The van der Waals surface area contributed by atoms with Gasteiger partial charge in [0.15, 0.2) is 0 Å². The Morgan fingerprint density at radius 1 is 1.32 bits per heavy atom. The molecule has 0 radical (unpaired) electrons. The minimum absolute atomic E-state index is 0.0469. The van der Waals surface area contributed by atoms with Crippen molar-refractivity contribution in [2.24, 2.45) is 0 Å². The van der Waals surface area contributed by atoms with Gasteiger partial charge in [0.1, 0.15) is 0 Å². The van der Waals surface area contributed by atoms with Crippen molar-refractivity contribution in [3.63, 3.8) is 0 Å². The molecule has 0 saturated carbocycles. The molecule has 0 aromatic heterocycles. The number of nitrogens with zero attached hydrogens (tertiary/aromatic N) is 1. The van der Waals surface area contributed by atoms with Gasteiger partial charge in [-0.2, -0.15) is 0 Å². The van der Waals surface area contributed by atoms with Crippen LogP contribution in [0.4, 0.5) is 0 Å². The molecule has 1 N–H and O–H groups in total. The van der Waals surface area contributed by atoms with E-state index in [0.717, 1.165) is 25.1 Å². The normalized spacial score (nSPS) is 19.6. The Balaban J connectivity index is 1.86. The first kappa shape index (κ1) is 14.1. The molecule has 1 atom stereocenters. The second kappa shape index (κ2) is 6.71. The number of benzene rings is 1. The van der Waals surface area contributed by atoms with Crippen molar-refractivity contribution in [1.29, 1.82) is 0 Å². The Bertz CT molecular complexity index is 413. The molecule has 0 aliphatic carbocycles. The highest BCUT2D eigenvalue weighted by Gasteiger charge is 2.23. The molecule has 1 unspecified atom stereocenters. The highest BCUT2D eigenvalue weighted by molar-refractivity contribution is 5.94. The van der Waals surface area contributed by atoms with Gasteiger partial charge in [-0.15, -0.1) is 0 Å². The molecule has 19 heavy (non-hydrogen) atoms. The van der Waals surface area contributed by atoms with Gasteiger partial charge in [0.2, 0.25) is 0 Å². The minimum atomic E-state index is 0.0469. The number of carbonyl (C=O) groups excluding carboxylic acids is 1. The summed E-state index contributed by atoms with van der Waals surface area (Å²) in [6.07, 6.45) is 3.46. The van der Waals surface area contributed by atoms with E-state index in [1.54, 1.807) is 0 Å². The van der Waals surface area contributed by atoms with E-state index in [4.69, 9.17) is 0 Å². The van der Waals surface area contributed by atoms with Crippen LogP contribution in [-0.2, 0) is 6.42 Å². The zero-order valence-electron chi connectivity index (χ0n) is 12.0. The van der Waals surface area contributed by atoms with E-state index in [-0.39, 0.29) is 5.91 Å². The lowest BCUT2D eigenvalue weighted by Gasteiger charge is -2.22. The van der Waals surface area contributed by atoms with Crippen molar-refractivity contribution in [3.05, 3.63) is 35.4 Å². The number of likely N-dealkylation sites (tertiary alicyclic amines) is 1. The van der Waals surface area contributed by atoms with Crippen molar-refractivity contribution in [3.8, 4) is 0 Å². The molecule has 1 heterocycles. The Labute approximate surface area is 116 Å². The van der Waals surface area contributed by atoms with Crippen LogP contribution in [0.1, 0.15) is 42.6 Å². The zero-order valence-corrected chi connectivity index (χ0v) is 12.0. The van der Waals surface area contributed by atoms with Gasteiger partial charge in [-0.25, -0.2) is 0 Å². The number of hydrogen-bond donors (Lipinski definition) is 1. The van der Waals surface area contributed by atoms with Crippen LogP contribution in [0.15, 0.2) is 24.3 Å². The number of hydrogen-bond acceptors (Lipinski definition) is 2. The summed E-state index contributed by atoms with van der Waals surface area (Å²) < 4.78 is 0. The molecule has 0 bridgehead atoms. The van der Waals surface area contributed by atoms with Crippen LogP contribution < -0.4 is 5.32 Å². The molecule has 1 saturated heterocycles. The Morgan fingerprint density at radius 2 is 2.05 bits per heavy atom. The van der Waals surface area contributed by atoms with Gasteiger partial charge in [0.05, 0.1) is 0 Å². The Hall–Kier alpha value is -1.35. The smallest absolute Gasteiger partial charge is 0.251 e. The lowest BCUT2D eigenvalue weighted by molar-refractivity contribution is 0.0941. The van der Waals surface area contributed by atoms with Crippen LogP contribution >= 0.6 is 0 Å². The fraction of sp³-hybridized carbons (Fsp3) is 0.562. The monoisotopic (exact) mass is 260 g/mol. The number of likely N-dealkylation sites (N-methyl/N-ethyl adjacent to an activating group) is 1. The number of nitrogens with one attached hydrogen (secondary N) is 1. The van der Waals surface area contributed by atoms with Crippen molar-refractivity contribution in [1.82, 2.24) is 10.2 Å². The van der Waals surface area contributed by atoms with Crippen LogP contribution in [0.25, 0.3) is 0 Å². The summed E-state index contributed by atoms with van der Waals surface area (Å²) >= 11 is 0. The van der Waals surface area contributed by atoms with Gasteiger partial charge in [-0.1, -0.05) is 26.0 Å². The summed E-state index contributed by atoms with van der Waals surface area (Å²) in [4.78, 5) is 14.5. The summed E-state index contributed by atoms with van der Waals surface area (Å²) in [6.45, 7) is 7.31. The molecule has 1 aliphatic rings. The van der Waals surface area contributed by atoms with Crippen molar-refractivity contribution in [2.75, 3.05) is 19.6 Å². The van der Waals surface area contributed by atoms with Gasteiger partial charge in [-0.3, -0.25) is 9.69 Å². The van der Waals surface area contributed by atoms with E-state index in [9.17, 15) is 4.79 Å². The second-order valence-corrected chi connectivity index (χ2v) is 5.19. The summed E-state index contributed by atoms with van der Waals surface area (Å²) in [5.74, 6) is 0.0469. The lowest BCUT2D eigenvalue weighted by atomic mass is 10.1. The molecule has 1 amide bonds. The van der Waals surface area contributed by atoms with Crippen LogP contribution in [-0.4, -0.2) is 36.5 Å². The summed E-state index contributed by atoms with van der Waals surface area (Å²) in [5, 5.41) is 3.06. The first-order valence-corrected chi connectivity index (χ1v) is 7.35. The third-order valence-electron chi connectivity index (χ3n) is 4.03. The van der Waals surface area contributed by atoms with Gasteiger partial charge in [0.25, 0.3) is 5.91 Å². The fourth-order valence-electron chi connectivity index (χ4n) is 2.75. The van der Waals surface area contributed by atoms with Gasteiger partial charge in [0, 0.05) is 18.2 Å². The van der Waals surface area contributed by atoms with E-state index in [0.29, 0.717) is 6.04 Å². The van der Waals surface area contributed by atoms with Crippen LogP contribution in [0.5, 0.6) is 0 Å². The quantitative estimate of drug-likeness (QED) is 0.882. The molecule has 1 aromatic carbocycles. The van der Waals surface area contributed by atoms with Gasteiger partial charge < -0.3 is 5.32 Å². The first-order chi connectivity index (χ1) is 9.24. The number of rotatable bonds is 5. The maximum Gasteiger partial charge on any atom is 0.251 e. The third kappa shape index (κ3) is 3.57. The Morgan fingerprint density at radius 3 is 2.68 bits per heavy atom. The number of amides is 1. The van der Waals surface area contributed by atoms with E-state index < -0.39 is 0 Å². The van der Waals surface area contributed by atoms with E-state index in [1.165, 1.54) is 24.9 Å². The standard InChI is InChI=1S/C16H24N2O/c1-3-13-7-9-14(10-8-13)16(19)17-12-15-6-5-11-18(15)4-2/h7-10,15H,3-6,11-12H2,1-2H3,(H,17,19). The van der Waals surface area contributed by atoms with Gasteiger partial charge in [-0.05, 0) is 50.0 Å². The molecule has 3 heteroatoms. The molecular weight excluding hydrogens is 236 g/mol. The van der Waals surface area contributed by atoms with Crippen molar-refractivity contribution >= 4 is 5.91 Å². The van der Waals surface area contributed by atoms with Crippen LogP contribution in [0, 0.1) is 0 Å². The van der Waals surface area contributed by atoms with Crippen LogP contribution in [0.2, 0.25) is 0 Å². The van der Waals surface area contributed by atoms with Crippen molar-refractivity contribution < 1.29 is 4.79 Å². The zero-order chi connectivity index (χ0) is 13.7. The van der Waals surface area contributed by atoms with E-state index in [1.807, 2.05) is 24.3 Å². The molecule has 1 fully saturated rings. The molecular formula is C16H24N2O. The molecule has 104 valence electrons. The number of aryl methyl sites for hydroxylation is 1. The maximum absolute atomic E-state index is 12.1. The van der Waals surface area contributed by atoms with E-state index in [2.05, 4.69) is 24.1 Å². The third-order valence-corrected chi connectivity index (χ3v) is 4.03. The molecule has 1 aliphatic heterocycles. The minimum Gasteiger partial charge on any atom is -0.350 e. The summed E-state index contributed by atoms with van der Waals surface area (Å²) in [5.41, 5.74) is 2.03. The summed E-state index contributed by atoms with van der Waals surface area (Å²) in [7, 11) is 0. The topological polar surface area (TPSA) is 32.3 Å². The average Bonchev–Trinajstić information content (AvgIpc) is 2.92. The van der Waals surface area contributed by atoms with Crippen LogP contribution in [0.3, 0.4) is 0 Å². The maximum atomic E-state index is 12.1. The molecule has 2 rings (SSSR count). The van der Waals surface area contributed by atoms with Gasteiger partial charge >= 0.3 is 0 Å². The van der Waals surface area contributed by atoms with E-state index >= 15 is 0 Å². The SMILES string of the molecule is CCc1ccc(C(=O)NCC2CCCN2CC)cc1. The second-order valence-electron chi connectivity index (χ2n) is 5.19. The Kier molecular flexibility index (Phi) is 4.97. The largest absolute Gasteiger partial charge is 0.350 e. The molecule has 1 aromatic rings. The predicted octanol–water partition coefficient (Wildman–Crippen LogP) is 2.46. The highest BCUT2D eigenvalue weighted by atomic mass is 16.1. The highest BCUT2D eigenvalue weighted by Crippen LogP contribution is 2.15. The van der Waals surface area contributed by atoms with Crippen molar-refractivity contribution in [2.45, 2.75) is 39.2 Å².